The molecule has 0 spiro atoms. The minimum Gasteiger partial charge on any atom is -0.306 e. The fraction of sp³-hybridized carbons (Fsp3) is 0.267. The third-order valence-electron chi connectivity index (χ3n) is 3.01. The number of nitrogens with zero attached hydrogens (tertiary/aromatic N) is 1. The Kier molecular flexibility index (Phi) is 4.57. The van der Waals surface area contributed by atoms with E-state index >= 15 is 0 Å². The number of alkyl halides is 3. The summed E-state index contributed by atoms with van der Waals surface area (Å²) >= 11 is 0. The third-order valence-corrected chi connectivity index (χ3v) is 3.01. The van der Waals surface area contributed by atoms with Crippen molar-refractivity contribution >= 4 is 0 Å². The number of halogens is 4. The first-order valence-electron chi connectivity index (χ1n) is 6.43. The van der Waals surface area contributed by atoms with Crippen molar-refractivity contribution in [2.45, 2.75) is 19.1 Å². The second-order valence-electron chi connectivity index (χ2n) is 4.55. The van der Waals surface area contributed by atoms with Crippen molar-refractivity contribution in [2.24, 2.45) is 0 Å². The van der Waals surface area contributed by atoms with Gasteiger partial charge in [0.2, 0.25) is 0 Å². The summed E-state index contributed by atoms with van der Waals surface area (Å²) in [6.45, 7) is 2.35. The van der Waals surface area contributed by atoms with Gasteiger partial charge in [0.25, 0.3) is 0 Å². The predicted octanol–water partition coefficient (Wildman–Crippen LogP) is 3.94. The molecule has 1 unspecified atom stereocenters. The zero-order valence-corrected chi connectivity index (χ0v) is 11.3. The molecule has 0 amide bonds. The van der Waals surface area contributed by atoms with E-state index < -0.39 is 23.6 Å². The highest BCUT2D eigenvalue weighted by molar-refractivity contribution is 5.34. The van der Waals surface area contributed by atoms with E-state index in [-0.39, 0.29) is 0 Å². The molecule has 1 N–H and O–H groups in total. The van der Waals surface area contributed by atoms with Crippen LogP contribution in [-0.4, -0.2) is 11.5 Å². The minimum atomic E-state index is -4.41. The van der Waals surface area contributed by atoms with Gasteiger partial charge in [0.05, 0.1) is 17.8 Å². The molecule has 1 atom stereocenters. The Morgan fingerprint density at radius 2 is 1.90 bits per heavy atom. The van der Waals surface area contributed by atoms with Gasteiger partial charge < -0.3 is 5.32 Å². The fourth-order valence-corrected chi connectivity index (χ4v) is 2.11. The highest BCUT2D eigenvalue weighted by Crippen LogP contribution is 2.32. The van der Waals surface area contributed by atoms with E-state index in [4.69, 9.17) is 0 Å². The van der Waals surface area contributed by atoms with Crippen LogP contribution in [0.3, 0.4) is 0 Å². The Labute approximate surface area is 119 Å². The van der Waals surface area contributed by atoms with E-state index in [0.29, 0.717) is 17.7 Å². The monoisotopic (exact) mass is 298 g/mol. The van der Waals surface area contributed by atoms with Crippen molar-refractivity contribution in [3.8, 4) is 0 Å². The number of nitrogens with one attached hydrogen (secondary N) is 1. The topological polar surface area (TPSA) is 24.9 Å². The standard InChI is InChI=1S/C15H14F4N2/c1-2-21-14(11-7-13(16)9-20-8-11)10-4-3-5-12(6-10)15(17,18)19/h3-9,14,21H,2H2,1H3. The molecule has 0 fully saturated rings. The zero-order chi connectivity index (χ0) is 15.5. The van der Waals surface area contributed by atoms with Gasteiger partial charge in [-0.1, -0.05) is 19.1 Å². The summed E-state index contributed by atoms with van der Waals surface area (Å²) in [6.07, 6.45) is -1.91. The van der Waals surface area contributed by atoms with Crippen LogP contribution in [0.25, 0.3) is 0 Å². The molecule has 0 radical (unpaired) electrons. The Bertz CT molecular complexity index is 611. The van der Waals surface area contributed by atoms with Crippen molar-refractivity contribution in [3.63, 3.8) is 0 Å². The van der Waals surface area contributed by atoms with Crippen molar-refractivity contribution in [2.75, 3.05) is 6.54 Å². The molecule has 0 aliphatic rings. The molecule has 0 aliphatic carbocycles. The van der Waals surface area contributed by atoms with Gasteiger partial charge in [-0.05, 0) is 35.9 Å². The molecular weight excluding hydrogens is 284 g/mol. The van der Waals surface area contributed by atoms with E-state index in [1.54, 1.807) is 6.07 Å². The molecule has 112 valence electrons. The maximum Gasteiger partial charge on any atom is 0.416 e. The molecule has 6 heteroatoms. The Morgan fingerprint density at radius 3 is 2.52 bits per heavy atom. The summed E-state index contributed by atoms with van der Waals surface area (Å²) in [4.78, 5) is 3.75. The molecule has 2 aromatic rings. The molecule has 2 rings (SSSR count). The zero-order valence-electron chi connectivity index (χ0n) is 11.3. The average molecular weight is 298 g/mol. The number of hydrogen-bond acceptors (Lipinski definition) is 2. The van der Waals surface area contributed by atoms with E-state index in [9.17, 15) is 17.6 Å². The smallest absolute Gasteiger partial charge is 0.306 e. The van der Waals surface area contributed by atoms with E-state index in [0.717, 1.165) is 18.3 Å². The Hall–Kier alpha value is -1.95. The summed E-state index contributed by atoms with van der Waals surface area (Å²) in [5, 5.41) is 3.05. The van der Waals surface area contributed by atoms with Gasteiger partial charge in [0, 0.05) is 6.20 Å². The second-order valence-corrected chi connectivity index (χ2v) is 4.55. The summed E-state index contributed by atoms with van der Waals surface area (Å²) in [6, 6.07) is 5.72. The third kappa shape index (κ3) is 3.78. The normalized spacial score (nSPS) is 13.2. The highest BCUT2D eigenvalue weighted by Gasteiger charge is 2.31. The molecule has 0 saturated heterocycles. The molecule has 1 aromatic heterocycles. The van der Waals surface area contributed by atoms with E-state index in [1.165, 1.54) is 18.3 Å². The second kappa shape index (κ2) is 6.22. The van der Waals surface area contributed by atoms with Crippen LogP contribution in [0.15, 0.2) is 42.7 Å². The first kappa shape index (κ1) is 15.4. The summed E-state index contributed by atoms with van der Waals surface area (Å²) in [7, 11) is 0. The maximum absolute atomic E-state index is 13.3. The molecule has 2 nitrogen and oxygen atoms in total. The number of rotatable bonds is 4. The number of aromatic nitrogens is 1. The number of benzene rings is 1. The van der Waals surface area contributed by atoms with Gasteiger partial charge in [0.15, 0.2) is 0 Å². The largest absolute Gasteiger partial charge is 0.416 e. The van der Waals surface area contributed by atoms with Gasteiger partial charge in [0.1, 0.15) is 5.82 Å². The quantitative estimate of drug-likeness (QED) is 0.865. The lowest BCUT2D eigenvalue weighted by molar-refractivity contribution is -0.137. The number of pyridine rings is 1. The Balaban J connectivity index is 2.43. The lowest BCUT2D eigenvalue weighted by Crippen LogP contribution is -2.22. The van der Waals surface area contributed by atoms with E-state index in [2.05, 4.69) is 10.3 Å². The van der Waals surface area contributed by atoms with Gasteiger partial charge in [-0.2, -0.15) is 13.2 Å². The fourth-order valence-electron chi connectivity index (χ4n) is 2.11. The molecular formula is C15H14F4N2. The summed E-state index contributed by atoms with van der Waals surface area (Å²) < 4.78 is 51.7. The van der Waals surface area contributed by atoms with Gasteiger partial charge in [-0.15, -0.1) is 0 Å². The van der Waals surface area contributed by atoms with Crippen molar-refractivity contribution < 1.29 is 17.6 Å². The lowest BCUT2D eigenvalue weighted by atomic mass is 9.98. The van der Waals surface area contributed by atoms with Crippen LogP contribution in [0.2, 0.25) is 0 Å². The first-order valence-corrected chi connectivity index (χ1v) is 6.43. The highest BCUT2D eigenvalue weighted by atomic mass is 19.4. The van der Waals surface area contributed by atoms with Gasteiger partial charge >= 0.3 is 6.18 Å². The minimum absolute atomic E-state index is 0.416. The van der Waals surface area contributed by atoms with Crippen LogP contribution < -0.4 is 5.32 Å². The molecule has 0 saturated carbocycles. The number of hydrogen-bond donors (Lipinski definition) is 1. The molecule has 0 bridgehead atoms. The van der Waals surface area contributed by atoms with Crippen LogP contribution in [-0.2, 0) is 6.18 Å². The Morgan fingerprint density at radius 1 is 1.14 bits per heavy atom. The first-order chi connectivity index (χ1) is 9.91. The van der Waals surface area contributed by atoms with Gasteiger partial charge in [-0.3, -0.25) is 4.98 Å². The molecule has 1 heterocycles. The van der Waals surface area contributed by atoms with Crippen LogP contribution >= 0.6 is 0 Å². The van der Waals surface area contributed by atoms with Gasteiger partial charge in [-0.25, -0.2) is 4.39 Å². The molecule has 0 aliphatic heterocycles. The van der Waals surface area contributed by atoms with Crippen molar-refractivity contribution in [1.29, 1.82) is 0 Å². The molecule has 21 heavy (non-hydrogen) atoms. The summed E-state index contributed by atoms with van der Waals surface area (Å²) in [5.74, 6) is -0.526. The SMILES string of the molecule is CCNC(c1cncc(F)c1)c1cccc(C(F)(F)F)c1. The lowest BCUT2D eigenvalue weighted by Gasteiger charge is -2.20. The average Bonchev–Trinajstić information content (AvgIpc) is 2.44. The maximum atomic E-state index is 13.3. The van der Waals surface area contributed by atoms with Crippen molar-refractivity contribution in [3.05, 3.63) is 65.2 Å². The van der Waals surface area contributed by atoms with Crippen LogP contribution in [0.5, 0.6) is 0 Å². The molecule has 1 aromatic carbocycles. The summed E-state index contributed by atoms with van der Waals surface area (Å²) in [5.41, 5.74) is 0.169. The van der Waals surface area contributed by atoms with Crippen LogP contribution in [0, 0.1) is 5.82 Å². The van der Waals surface area contributed by atoms with Crippen LogP contribution in [0.4, 0.5) is 17.6 Å². The van der Waals surface area contributed by atoms with E-state index in [1.807, 2.05) is 6.92 Å². The van der Waals surface area contributed by atoms with Crippen LogP contribution in [0.1, 0.15) is 29.7 Å². The van der Waals surface area contributed by atoms with Crippen molar-refractivity contribution in [1.82, 2.24) is 10.3 Å². The predicted molar refractivity (Wildman–Crippen MR) is 71.2 cm³/mol.